The lowest BCUT2D eigenvalue weighted by Crippen LogP contribution is -2.35. The van der Waals surface area contributed by atoms with Crippen molar-refractivity contribution in [2.24, 2.45) is 0 Å². The smallest absolute Gasteiger partial charge is 0.410 e. The summed E-state index contributed by atoms with van der Waals surface area (Å²) in [6.07, 6.45) is 0.537. The number of hydrogen-bond acceptors (Lipinski definition) is 5. The number of fused-ring (bicyclic) bond motifs is 1. The molecule has 1 aromatic carbocycles. The lowest BCUT2D eigenvalue weighted by molar-refractivity contribution is -0.121. The van der Waals surface area contributed by atoms with Crippen molar-refractivity contribution in [3.8, 4) is 11.5 Å². The molecule has 0 atom stereocenters. The van der Waals surface area contributed by atoms with Crippen LogP contribution in [0.1, 0.15) is 39.2 Å². The first-order chi connectivity index (χ1) is 12.2. The van der Waals surface area contributed by atoms with Crippen molar-refractivity contribution in [2.45, 2.75) is 45.8 Å². The van der Waals surface area contributed by atoms with E-state index in [2.05, 4.69) is 5.32 Å². The Morgan fingerprint density at radius 3 is 2.58 bits per heavy atom. The Hall–Kier alpha value is -2.44. The Kier molecular flexibility index (Phi) is 6.71. The highest BCUT2D eigenvalue weighted by Gasteiger charge is 2.19. The van der Waals surface area contributed by atoms with Crippen LogP contribution in [0.4, 0.5) is 4.79 Å². The van der Waals surface area contributed by atoms with Crippen LogP contribution in [0.25, 0.3) is 0 Å². The predicted molar refractivity (Wildman–Crippen MR) is 97.4 cm³/mol. The molecule has 2 amide bonds. The summed E-state index contributed by atoms with van der Waals surface area (Å²) in [6.45, 7) is 7.46. The lowest BCUT2D eigenvalue weighted by atomic mass is 10.2. The van der Waals surface area contributed by atoms with Gasteiger partial charge in [-0.25, -0.2) is 4.79 Å². The maximum absolute atomic E-state index is 12.0. The third-order valence-corrected chi connectivity index (χ3v) is 3.70. The maximum Gasteiger partial charge on any atom is 0.410 e. The molecule has 1 aliphatic heterocycles. The molecule has 0 unspecified atom stereocenters. The predicted octanol–water partition coefficient (Wildman–Crippen LogP) is 2.72. The molecule has 144 valence electrons. The van der Waals surface area contributed by atoms with Crippen LogP contribution in [-0.2, 0) is 16.1 Å². The summed E-state index contributed by atoms with van der Waals surface area (Å²) < 4.78 is 16.3. The van der Waals surface area contributed by atoms with Gasteiger partial charge in [0, 0.05) is 26.6 Å². The van der Waals surface area contributed by atoms with Gasteiger partial charge in [-0.15, -0.1) is 0 Å². The van der Waals surface area contributed by atoms with E-state index in [-0.39, 0.29) is 12.0 Å². The standard InChI is InChI=1S/C19H28N2O5/c1-19(2,3)26-18(23)21(4)9-5-6-17(22)20-13-14-7-8-15-16(12-14)25-11-10-24-15/h7-8,12H,5-6,9-11,13H2,1-4H3,(H,20,22). The Labute approximate surface area is 154 Å². The quantitative estimate of drug-likeness (QED) is 0.840. The molecule has 0 bridgehead atoms. The van der Waals surface area contributed by atoms with E-state index >= 15 is 0 Å². The zero-order chi connectivity index (χ0) is 19.2. The fraction of sp³-hybridized carbons (Fsp3) is 0.579. The van der Waals surface area contributed by atoms with Crippen LogP contribution in [0.5, 0.6) is 11.5 Å². The van der Waals surface area contributed by atoms with Gasteiger partial charge < -0.3 is 24.4 Å². The molecule has 7 heteroatoms. The number of carbonyl (C=O) groups is 2. The first-order valence-corrected chi connectivity index (χ1v) is 8.84. The molecule has 7 nitrogen and oxygen atoms in total. The van der Waals surface area contributed by atoms with E-state index in [1.807, 2.05) is 39.0 Å². The van der Waals surface area contributed by atoms with E-state index < -0.39 is 5.60 Å². The first kappa shape index (κ1) is 19.9. The summed E-state index contributed by atoms with van der Waals surface area (Å²) in [5.41, 5.74) is 0.431. The highest BCUT2D eigenvalue weighted by atomic mass is 16.6. The van der Waals surface area contributed by atoms with Crippen molar-refractivity contribution in [1.29, 1.82) is 0 Å². The van der Waals surface area contributed by atoms with Crippen molar-refractivity contribution >= 4 is 12.0 Å². The molecular formula is C19H28N2O5. The van der Waals surface area contributed by atoms with Crippen LogP contribution >= 0.6 is 0 Å². The SMILES string of the molecule is CN(CCCC(=O)NCc1ccc2c(c1)OCCO2)C(=O)OC(C)(C)C. The molecular weight excluding hydrogens is 336 g/mol. The van der Waals surface area contributed by atoms with E-state index in [1.165, 1.54) is 4.90 Å². The van der Waals surface area contributed by atoms with Crippen molar-refractivity contribution in [3.05, 3.63) is 23.8 Å². The van der Waals surface area contributed by atoms with Crippen LogP contribution in [0, 0.1) is 0 Å². The van der Waals surface area contributed by atoms with Crippen LogP contribution in [-0.4, -0.2) is 49.3 Å². The highest BCUT2D eigenvalue weighted by Crippen LogP contribution is 2.30. The van der Waals surface area contributed by atoms with Crippen molar-refractivity contribution < 1.29 is 23.8 Å². The number of hydrogen-bond donors (Lipinski definition) is 1. The number of nitrogens with zero attached hydrogens (tertiary/aromatic N) is 1. The van der Waals surface area contributed by atoms with E-state index in [1.54, 1.807) is 7.05 Å². The fourth-order valence-electron chi connectivity index (χ4n) is 2.39. The Morgan fingerprint density at radius 1 is 1.19 bits per heavy atom. The van der Waals surface area contributed by atoms with Crippen LogP contribution in [0.2, 0.25) is 0 Å². The largest absolute Gasteiger partial charge is 0.486 e. The van der Waals surface area contributed by atoms with Crippen molar-refractivity contribution in [1.82, 2.24) is 10.2 Å². The van der Waals surface area contributed by atoms with Crippen molar-refractivity contribution in [2.75, 3.05) is 26.8 Å². The van der Waals surface area contributed by atoms with Gasteiger partial charge in [-0.1, -0.05) is 6.07 Å². The van der Waals surface area contributed by atoms with Gasteiger partial charge in [-0.2, -0.15) is 0 Å². The van der Waals surface area contributed by atoms with Crippen LogP contribution in [0.3, 0.4) is 0 Å². The van der Waals surface area contributed by atoms with Gasteiger partial charge in [0.15, 0.2) is 11.5 Å². The van der Waals surface area contributed by atoms with Gasteiger partial charge in [0.05, 0.1) is 0 Å². The second-order valence-corrected chi connectivity index (χ2v) is 7.26. The minimum absolute atomic E-state index is 0.0579. The molecule has 0 radical (unpaired) electrons. The molecule has 26 heavy (non-hydrogen) atoms. The van der Waals surface area contributed by atoms with E-state index in [9.17, 15) is 9.59 Å². The molecule has 2 rings (SSSR count). The zero-order valence-electron chi connectivity index (χ0n) is 16.0. The number of amides is 2. The first-order valence-electron chi connectivity index (χ1n) is 8.84. The Morgan fingerprint density at radius 2 is 1.88 bits per heavy atom. The normalized spacial score (nSPS) is 13.1. The highest BCUT2D eigenvalue weighted by molar-refractivity contribution is 5.76. The molecule has 0 aliphatic carbocycles. The Bertz CT molecular complexity index is 639. The Balaban J connectivity index is 1.68. The van der Waals surface area contributed by atoms with Crippen LogP contribution < -0.4 is 14.8 Å². The van der Waals surface area contributed by atoms with E-state index in [4.69, 9.17) is 14.2 Å². The second kappa shape index (κ2) is 8.78. The van der Waals surface area contributed by atoms with Gasteiger partial charge in [-0.3, -0.25) is 4.79 Å². The topological polar surface area (TPSA) is 77.1 Å². The van der Waals surface area contributed by atoms with Gasteiger partial charge >= 0.3 is 6.09 Å². The molecule has 1 heterocycles. The summed E-state index contributed by atoms with van der Waals surface area (Å²) in [6, 6.07) is 5.64. The minimum atomic E-state index is -0.521. The summed E-state index contributed by atoms with van der Waals surface area (Å²) in [5.74, 6) is 1.39. The second-order valence-electron chi connectivity index (χ2n) is 7.26. The molecule has 0 aromatic heterocycles. The molecule has 1 N–H and O–H groups in total. The number of carbonyl (C=O) groups excluding carboxylic acids is 2. The third-order valence-electron chi connectivity index (χ3n) is 3.70. The number of ether oxygens (including phenoxy) is 3. The van der Waals surface area contributed by atoms with Gasteiger partial charge in [-0.05, 0) is 44.9 Å². The fourth-order valence-corrected chi connectivity index (χ4v) is 2.39. The van der Waals surface area contributed by atoms with Gasteiger partial charge in [0.25, 0.3) is 0 Å². The summed E-state index contributed by atoms with van der Waals surface area (Å²) >= 11 is 0. The summed E-state index contributed by atoms with van der Waals surface area (Å²) in [4.78, 5) is 25.3. The van der Waals surface area contributed by atoms with Crippen molar-refractivity contribution in [3.63, 3.8) is 0 Å². The lowest BCUT2D eigenvalue weighted by Gasteiger charge is -2.24. The molecule has 0 spiro atoms. The molecule has 0 saturated heterocycles. The third kappa shape index (κ3) is 6.46. The van der Waals surface area contributed by atoms with E-state index in [0.717, 1.165) is 11.3 Å². The zero-order valence-corrected chi connectivity index (χ0v) is 16.0. The summed E-state index contributed by atoms with van der Waals surface area (Å²) in [5, 5.41) is 2.88. The van der Waals surface area contributed by atoms with Crippen LogP contribution in [0.15, 0.2) is 18.2 Å². The number of rotatable bonds is 6. The van der Waals surface area contributed by atoms with Gasteiger partial charge in [0.2, 0.25) is 5.91 Å². The average Bonchev–Trinajstić information content (AvgIpc) is 2.58. The molecule has 1 aliphatic rings. The van der Waals surface area contributed by atoms with E-state index in [0.29, 0.717) is 44.9 Å². The molecule has 0 fully saturated rings. The number of benzene rings is 1. The minimum Gasteiger partial charge on any atom is -0.486 e. The molecule has 1 aromatic rings. The van der Waals surface area contributed by atoms with Gasteiger partial charge in [0.1, 0.15) is 18.8 Å². The number of nitrogens with one attached hydrogen (secondary N) is 1. The summed E-state index contributed by atoms with van der Waals surface area (Å²) in [7, 11) is 1.67. The monoisotopic (exact) mass is 364 g/mol. The molecule has 0 saturated carbocycles. The maximum atomic E-state index is 12.0. The average molecular weight is 364 g/mol.